The number of hydrogen-bond donors (Lipinski definition) is 0. The molecule has 2 rings (SSSR count). The number of alkyl halides is 2. The molecule has 0 heterocycles. The summed E-state index contributed by atoms with van der Waals surface area (Å²) < 4.78 is 21.2. The molecule has 1 atom stereocenters. The zero-order valence-electron chi connectivity index (χ0n) is 11.1. The minimum absolute atomic E-state index is 0.268. The van der Waals surface area contributed by atoms with Gasteiger partial charge in [0.15, 0.2) is 9.84 Å². The van der Waals surface area contributed by atoms with Crippen LogP contribution in [0.4, 0.5) is 0 Å². The highest BCUT2D eigenvalue weighted by atomic mass is 127. The number of Topliss-reactive ketones (excluding diaryl/α,β-unsaturated/α-hetero) is 1. The highest BCUT2D eigenvalue weighted by Gasteiger charge is 2.44. The zero-order chi connectivity index (χ0) is 15.7. The van der Waals surface area contributed by atoms with E-state index < -0.39 is 17.8 Å². The molecule has 0 spiro atoms. The van der Waals surface area contributed by atoms with Crippen molar-refractivity contribution in [3.63, 3.8) is 0 Å². The molecule has 1 unspecified atom stereocenters. The summed E-state index contributed by atoms with van der Waals surface area (Å²) in [7, 11) is -3.71. The van der Waals surface area contributed by atoms with Crippen molar-refractivity contribution in [1.82, 2.24) is 0 Å². The number of ketones is 1. The average molecular weight is 435 g/mol. The first-order valence-electron chi connectivity index (χ1n) is 6.01. The molecule has 2 aromatic carbocycles. The average Bonchev–Trinajstić information content (AvgIpc) is 2.46. The first kappa shape index (κ1) is 16.5. The van der Waals surface area contributed by atoms with Gasteiger partial charge in [-0.15, -0.1) is 0 Å². The van der Waals surface area contributed by atoms with Gasteiger partial charge in [0.25, 0.3) is 2.21 Å². The van der Waals surface area contributed by atoms with E-state index in [1.165, 1.54) is 22.6 Å². The van der Waals surface area contributed by atoms with Crippen molar-refractivity contribution < 1.29 is 13.2 Å². The van der Waals surface area contributed by atoms with Crippen molar-refractivity contribution in [3.8, 4) is 11.1 Å². The third kappa shape index (κ3) is 3.46. The smallest absolute Gasteiger partial charge is 0.257 e. The van der Waals surface area contributed by atoms with Crippen LogP contribution in [0.1, 0.15) is 10.4 Å². The lowest BCUT2D eigenvalue weighted by atomic mass is 10.0. The summed E-state index contributed by atoms with van der Waals surface area (Å²) in [5.41, 5.74) is 2.23. The van der Waals surface area contributed by atoms with Crippen molar-refractivity contribution in [1.29, 1.82) is 0 Å². The van der Waals surface area contributed by atoms with E-state index in [9.17, 15) is 13.2 Å². The molecule has 0 aromatic heterocycles. The summed E-state index contributed by atoms with van der Waals surface area (Å²) in [6, 6.07) is 16.4. The molecule has 0 aliphatic heterocycles. The van der Waals surface area contributed by atoms with Gasteiger partial charge in [0.05, 0.1) is 0 Å². The summed E-state index contributed by atoms with van der Waals surface area (Å²) in [6.07, 6.45) is 0.947. The number of carbonyl (C=O) groups is 1. The molecular formula is C15H12ClIO3S. The van der Waals surface area contributed by atoms with E-state index in [-0.39, 0.29) is 5.56 Å². The van der Waals surface area contributed by atoms with Crippen molar-refractivity contribution in [2.24, 2.45) is 0 Å². The second kappa shape index (κ2) is 6.06. The summed E-state index contributed by atoms with van der Waals surface area (Å²) in [4.78, 5) is 12.2. The number of carbonyl (C=O) groups excluding carboxylic acids is 1. The van der Waals surface area contributed by atoms with Gasteiger partial charge >= 0.3 is 0 Å². The van der Waals surface area contributed by atoms with Crippen LogP contribution in [0.2, 0.25) is 0 Å². The van der Waals surface area contributed by atoms with Crippen LogP contribution in [0.15, 0.2) is 54.6 Å². The second-order valence-corrected chi connectivity index (χ2v) is 10.5. The largest absolute Gasteiger partial charge is 0.290 e. The van der Waals surface area contributed by atoms with E-state index >= 15 is 0 Å². The SMILES string of the molecule is CS(=O)(=O)C(Cl)(I)C(=O)c1ccc(-c2ccccc2)cc1. The van der Waals surface area contributed by atoms with E-state index in [1.807, 2.05) is 30.3 Å². The molecule has 3 nitrogen and oxygen atoms in total. The quantitative estimate of drug-likeness (QED) is 0.416. The van der Waals surface area contributed by atoms with Gasteiger partial charge in [-0.3, -0.25) is 4.79 Å². The Morgan fingerprint density at radius 3 is 1.95 bits per heavy atom. The summed E-state index contributed by atoms with van der Waals surface area (Å²) >= 11 is 7.36. The Morgan fingerprint density at radius 1 is 1.00 bits per heavy atom. The number of hydrogen-bond acceptors (Lipinski definition) is 3. The fourth-order valence-electron chi connectivity index (χ4n) is 1.78. The van der Waals surface area contributed by atoms with Gasteiger partial charge in [0.2, 0.25) is 5.78 Å². The van der Waals surface area contributed by atoms with Crippen LogP contribution < -0.4 is 0 Å². The third-order valence-electron chi connectivity index (χ3n) is 2.98. The Bertz CT molecular complexity index is 753. The lowest BCUT2D eigenvalue weighted by molar-refractivity contribution is 0.100. The minimum Gasteiger partial charge on any atom is -0.290 e. The Balaban J connectivity index is 2.34. The maximum Gasteiger partial charge on any atom is 0.257 e. The van der Waals surface area contributed by atoms with Gasteiger partial charge in [0.1, 0.15) is 0 Å². The van der Waals surface area contributed by atoms with Crippen LogP contribution in [-0.2, 0) is 9.84 Å². The number of halogens is 2. The van der Waals surface area contributed by atoms with Gasteiger partial charge in [-0.1, -0.05) is 66.2 Å². The van der Waals surface area contributed by atoms with Crippen LogP contribution in [0, 0.1) is 0 Å². The molecule has 0 aliphatic carbocycles. The van der Waals surface area contributed by atoms with Crippen molar-refractivity contribution in [3.05, 3.63) is 60.2 Å². The molecule has 0 amide bonds. The predicted octanol–water partition coefficient (Wildman–Crippen LogP) is 3.91. The molecule has 0 radical (unpaired) electrons. The van der Waals surface area contributed by atoms with E-state index in [2.05, 4.69) is 0 Å². The Kier molecular flexibility index (Phi) is 4.75. The van der Waals surface area contributed by atoms with Crippen LogP contribution >= 0.6 is 34.2 Å². The molecule has 6 heteroatoms. The van der Waals surface area contributed by atoms with Crippen LogP contribution in [0.3, 0.4) is 0 Å². The highest BCUT2D eigenvalue weighted by molar-refractivity contribution is 14.1. The van der Waals surface area contributed by atoms with Crippen LogP contribution in [-0.4, -0.2) is 22.7 Å². The Labute approximate surface area is 142 Å². The monoisotopic (exact) mass is 434 g/mol. The second-order valence-electron chi connectivity index (χ2n) is 4.56. The third-order valence-corrected chi connectivity index (χ3v) is 8.00. The van der Waals surface area contributed by atoms with Gasteiger partial charge < -0.3 is 0 Å². The van der Waals surface area contributed by atoms with Crippen molar-refractivity contribution in [2.75, 3.05) is 6.26 Å². The fourth-order valence-corrected chi connectivity index (χ4v) is 2.66. The molecule has 2 aromatic rings. The van der Waals surface area contributed by atoms with Crippen LogP contribution in [0.25, 0.3) is 11.1 Å². The summed E-state index contributed by atoms with van der Waals surface area (Å²) in [5, 5.41) is 0. The maximum absolute atomic E-state index is 12.2. The molecule has 0 fully saturated rings. The Hall–Kier alpha value is -0.920. The number of sulfone groups is 1. The predicted molar refractivity (Wildman–Crippen MR) is 93.7 cm³/mol. The lowest BCUT2D eigenvalue weighted by Gasteiger charge is -2.16. The van der Waals surface area contributed by atoms with Gasteiger partial charge in [-0.2, -0.15) is 0 Å². The van der Waals surface area contributed by atoms with Gasteiger partial charge in [0, 0.05) is 11.8 Å². The van der Waals surface area contributed by atoms with E-state index in [1.54, 1.807) is 24.3 Å². The normalized spacial score (nSPS) is 14.4. The molecule has 21 heavy (non-hydrogen) atoms. The molecule has 0 saturated heterocycles. The summed E-state index contributed by atoms with van der Waals surface area (Å²) in [5.74, 6) is -0.633. The standard InChI is InChI=1S/C15H12ClIO3S/c1-21(19,20)15(16,17)14(18)13-9-7-12(8-10-13)11-5-3-2-4-6-11/h2-10H,1H3. The lowest BCUT2D eigenvalue weighted by Crippen LogP contribution is -2.34. The first-order valence-corrected chi connectivity index (χ1v) is 9.36. The minimum atomic E-state index is -3.71. The van der Waals surface area contributed by atoms with Crippen molar-refractivity contribution in [2.45, 2.75) is 2.21 Å². The van der Waals surface area contributed by atoms with Crippen LogP contribution in [0.5, 0.6) is 0 Å². The topological polar surface area (TPSA) is 51.2 Å². The van der Waals surface area contributed by atoms with Crippen molar-refractivity contribution >= 4 is 49.8 Å². The molecule has 0 bridgehead atoms. The molecule has 0 N–H and O–H groups in total. The van der Waals surface area contributed by atoms with Gasteiger partial charge in [-0.05, 0) is 33.7 Å². The van der Waals surface area contributed by atoms with E-state index in [0.717, 1.165) is 17.4 Å². The molecule has 0 saturated carbocycles. The molecule has 0 aliphatic rings. The number of benzene rings is 2. The molecular weight excluding hydrogens is 423 g/mol. The highest BCUT2D eigenvalue weighted by Crippen LogP contribution is 2.34. The van der Waals surface area contributed by atoms with E-state index in [0.29, 0.717) is 0 Å². The first-order chi connectivity index (χ1) is 9.73. The van der Waals surface area contributed by atoms with Gasteiger partial charge in [-0.25, -0.2) is 8.42 Å². The fraction of sp³-hybridized carbons (Fsp3) is 0.133. The molecule has 110 valence electrons. The Morgan fingerprint density at radius 2 is 1.48 bits per heavy atom. The number of rotatable bonds is 4. The summed E-state index contributed by atoms with van der Waals surface area (Å²) in [6.45, 7) is 0. The zero-order valence-corrected chi connectivity index (χ0v) is 14.8. The van der Waals surface area contributed by atoms with E-state index in [4.69, 9.17) is 11.6 Å². The maximum atomic E-state index is 12.2.